The maximum absolute atomic E-state index is 12.1. The number of ether oxygens (including phenoxy) is 1. The predicted molar refractivity (Wildman–Crippen MR) is 99.5 cm³/mol. The third kappa shape index (κ3) is 4.26. The molecular formula is C19H18N2O2S. The SMILES string of the molecule is CC(C)Oc1ccc(/C=C2\SC(=Nc3ccccc3)NC2=O)cc1. The van der Waals surface area contributed by atoms with Crippen LogP contribution in [0.2, 0.25) is 0 Å². The van der Waals surface area contributed by atoms with E-state index in [4.69, 9.17) is 4.74 Å². The molecule has 1 aliphatic heterocycles. The molecule has 1 saturated heterocycles. The van der Waals surface area contributed by atoms with Gasteiger partial charge in [0.2, 0.25) is 0 Å². The van der Waals surface area contributed by atoms with Gasteiger partial charge in [0.1, 0.15) is 5.75 Å². The van der Waals surface area contributed by atoms with E-state index >= 15 is 0 Å². The van der Waals surface area contributed by atoms with Gasteiger partial charge in [0.25, 0.3) is 5.91 Å². The Morgan fingerprint density at radius 1 is 1.08 bits per heavy atom. The van der Waals surface area contributed by atoms with Crippen molar-refractivity contribution in [1.29, 1.82) is 0 Å². The molecule has 5 heteroatoms. The van der Waals surface area contributed by atoms with Crippen LogP contribution in [0.15, 0.2) is 64.5 Å². The third-order valence-corrected chi connectivity index (χ3v) is 4.10. The summed E-state index contributed by atoms with van der Waals surface area (Å²) in [5.74, 6) is 0.694. The first kappa shape index (κ1) is 16.3. The smallest absolute Gasteiger partial charge is 0.264 e. The van der Waals surface area contributed by atoms with Crippen LogP contribution >= 0.6 is 11.8 Å². The van der Waals surface area contributed by atoms with Crippen molar-refractivity contribution in [3.63, 3.8) is 0 Å². The Hall–Kier alpha value is -2.53. The Morgan fingerprint density at radius 2 is 1.79 bits per heavy atom. The van der Waals surface area contributed by atoms with Gasteiger partial charge in [-0.3, -0.25) is 4.79 Å². The van der Waals surface area contributed by atoms with Crippen LogP contribution in [-0.4, -0.2) is 17.2 Å². The summed E-state index contributed by atoms with van der Waals surface area (Å²) in [6, 6.07) is 17.2. The number of carbonyl (C=O) groups excluding carboxylic acids is 1. The Morgan fingerprint density at radius 3 is 2.46 bits per heavy atom. The lowest BCUT2D eigenvalue weighted by molar-refractivity contribution is -0.115. The second-order valence-electron chi connectivity index (χ2n) is 5.55. The van der Waals surface area contributed by atoms with E-state index in [2.05, 4.69) is 10.3 Å². The Labute approximate surface area is 145 Å². The van der Waals surface area contributed by atoms with Crippen molar-refractivity contribution in [2.75, 3.05) is 0 Å². The lowest BCUT2D eigenvalue weighted by atomic mass is 10.2. The molecule has 0 radical (unpaired) electrons. The molecule has 1 heterocycles. The zero-order valence-corrected chi connectivity index (χ0v) is 14.3. The molecule has 0 unspecified atom stereocenters. The molecule has 122 valence electrons. The molecule has 24 heavy (non-hydrogen) atoms. The first-order valence-electron chi connectivity index (χ1n) is 7.71. The van der Waals surface area contributed by atoms with E-state index < -0.39 is 0 Å². The molecule has 0 aliphatic carbocycles. The number of amidine groups is 1. The molecule has 2 aromatic carbocycles. The minimum absolute atomic E-state index is 0.128. The molecule has 0 aromatic heterocycles. The normalized spacial score (nSPS) is 17.5. The summed E-state index contributed by atoms with van der Waals surface area (Å²) >= 11 is 1.34. The number of carbonyl (C=O) groups is 1. The number of para-hydroxylation sites is 1. The molecule has 3 rings (SSSR count). The molecule has 0 atom stereocenters. The van der Waals surface area contributed by atoms with Gasteiger partial charge < -0.3 is 10.1 Å². The van der Waals surface area contributed by atoms with Crippen LogP contribution < -0.4 is 10.1 Å². The van der Waals surface area contributed by atoms with Gasteiger partial charge in [0.05, 0.1) is 16.7 Å². The summed E-state index contributed by atoms with van der Waals surface area (Å²) in [7, 11) is 0. The highest BCUT2D eigenvalue weighted by Gasteiger charge is 2.23. The summed E-state index contributed by atoms with van der Waals surface area (Å²) in [6.07, 6.45) is 1.99. The predicted octanol–water partition coefficient (Wildman–Crippen LogP) is 4.37. The number of rotatable bonds is 4. The first-order chi connectivity index (χ1) is 11.6. The van der Waals surface area contributed by atoms with Crippen molar-refractivity contribution in [3.8, 4) is 5.75 Å². The Kier molecular flexibility index (Phi) is 5.01. The number of aliphatic imine (C=N–C) groups is 1. The largest absolute Gasteiger partial charge is 0.491 e. The molecule has 1 aliphatic rings. The van der Waals surface area contributed by atoms with Crippen LogP contribution in [0.25, 0.3) is 6.08 Å². The highest BCUT2D eigenvalue weighted by atomic mass is 32.2. The number of nitrogens with one attached hydrogen (secondary N) is 1. The molecule has 2 aromatic rings. The quantitative estimate of drug-likeness (QED) is 0.843. The minimum atomic E-state index is -0.128. The number of hydrogen-bond donors (Lipinski definition) is 1. The van der Waals surface area contributed by atoms with E-state index in [-0.39, 0.29) is 12.0 Å². The Balaban J connectivity index is 1.74. The van der Waals surface area contributed by atoms with Crippen LogP contribution in [0.5, 0.6) is 5.75 Å². The van der Waals surface area contributed by atoms with E-state index in [0.29, 0.717) is 10.1 Å². The standard InChI is InChI=1S/C19H18N2O2S/c1-13(2)23-16-10-8-14(9-11-16)12-17-18(22)21-19(24-17)20-15-6-4-3-5-7-15/h3-13H,1-2H3,(H,20,21,22)/b17-12-. The van der Waals surface area contributed by atoms with Crippen LogP contribution in [0.1, 0.15) is 19.4 Å². The molecule has 0 saturated carbocycles. The fourth-order valence-electron chi connectivity index (χ4n) is 2.17. The summed E-state index contributed by atoms with van der Waals surface area (Å²) in [4.78, 5) is 17.1. The molecule has 1 fully saturated rings. The molecule has 1 amide bonds. The van der Waals surface area contributed by atoms with E-state index in [1.165, 1.54) is 11.8 Å². The van der Waals surface area contributed by atoms with Crippen LogP contribution in [0.4, 0.5) is 5.69 Å². The maximum Gasteiger partial charge on any atom is 0.264 e. The molecule has 1 N–H and O–H groups in total. The van der Waals surface area contributed by atoms with Crippen molar-refractivity contribution in [2.24, 2.45) is 4.99 Å². The van der Waals surface area contributed by atoms with Gasteiger partial charge in [-0.2, -0.15) is 0 Å². The van der Waals surface area contributed by atoms with Gasteiger partial charge in [-0.05, 0) is 61.5 Å². The lowest BCUT2D eigenvalue weighted by Crippen LogP contribution is -2.19. The molecule has 0 bridgehead atoms. The lowest BCUT2D eigenvalue weighted by Gasteiger charge is -2.09. The zero-order chi connectivity index (χ0) is 16.9. The second-order valence-corrected chi connectivity index (χ2v) is 6.58. The molecular weight excluding hydrogens is 320 g/mol. The van der Waals surface area contributed by atoms with Crippen LogP contribution in [0.3, 0.4) is 0 Å². The van der Waals surface area contributed by atoms with Crippen LogP contribution in [0, 0.1) is 0 Å². The van der Waals surface area contributed by atoms with Gasteiger partial charge in [-0.15, -0.1) is 0 Å². The average molecular weight is 338 g/mol. The van der Waals surface area contributed by atoms with Crippen LogP contribution in [-0.2, 0) is 4.79 Å². The summed E-state index contributed by atoms with van der Waals surface area (Å²) < 4.78 is 5.62. The summed E-state index contributed by atoms with van der Waals surface area (Å²) in [5.41, 5.74) is 1.77. The Bertz CT molecular complexity index is 781. The minimum Gasteiger partial charge on any atom is -0.491 e. The van der Waals surface area contributed by atoms with E-state index in [1.807, 2.05) is 74.5 Å². The van der Waals surface area contributed by atoms with Gasteiger partial charge in [-0.25, -0.2) is 4.99 Å². The van der Waals surface area contributed by atoms with Gasteiger partial charge in [-0.1, -0.05) is 30.3 Å². The highest BCUT2D eigenvalue weighted by Crippen LogP contribution is 2.28. The number of amides is 1. The van der Waals surface area contributed by atoms with Gasteiger partial charge in [0.15, 0.2) is 5.17 Å². The maximum atomic E-state index is 12.1. The number of benzene rings is 2. The second kappa shape index (κ2) is 7.36. The number of thioether (sulfide) groups is 1. The van der Waals surface area contributed by atoms with Crippen molar-refractivity contribution in [2.45, 2.75) is 20.0 Å². The third-order valence-electron chi connectivity index (χ3n) is 3.19. The van der Waals surface area contributed by atoms with E-state index in [9.17, 15) is 4.79 Å². The zero-order valence-electron chi connectivity index (χ0n) is 13.5. The number of nitrogens with zero attached hydrogens (tertiary/aromatic N) is 1. The first-order valence-corrected chi connectivity index (χ1v) is 8.53. The van der Waals surface area contributed by atoms with Crippen molar-refractivity contribution in [3.05, 3.63) is 65.1 Å². The summed E-state index contributed by atoms with van der Waals surface area (Å²) in [6.45, 7) is 3.98. The molecule has 4 nitrogen and oxygen atoms in total. The molecule has 0 spiro atoms. The topological polar surface area (TPSA) is 50.7 Å². The van der Waals surface area contributed by atoms with Gasteiger partial charge >= 0.3 is 0 Å². The van der Waals surface area contributed by atoms with E-state index in [1.54, 1.807) is 0 Å². The number of hydrogen-bond acceptors (Lipinski definition) is 4. The van der Waals surface area contributed by atoms with Crippen molar-refractivity contribution < 1.29 is 9.53 Å². The van der Waals surface area contributed by atoms with E-state index in [0.717, 1.165) is 17.0 Å². The monoisotopic (exact) mass is 338 g/mol. The highest BCUT2D eigenvalue weighted by molar-refractivity contribution is 8.18. The average Bonchev–Trinajstić information content (AvgIpc) is 2.89. The van der Waals surface area contributed by atoms with Gasteiger partial charge in [0, 0.05) is 0 Å². The summed E-state index contributed by atoms with van der Waals surface area (Å²) in [5, 5.41) is 3.39. The fourth-order valence-corrected chi connectivity index (χ4v) is 3.01. The fraction of sp³-hybridized carbons (Fsp3) is 0.158. The van der Waals surface area contributed by atoms with Crippen molar-refractivity contribution in [1.82, 2.24) is 5.32 Å². The van der Waals surface area contributed by atoms with Crippen molar-refractivity contribution >= 4 is 34.6 Å².